The Balaban J connectivity index is 1.75. The second-order valence-corrected chi connectivity index (χ2v) is 4.93. The van der Waals surface area contributed by atoms with Crippen LogP contribution in [0.4, 0.5) is 0 Å². The number of piperidine rings is 1. The van der Waals surface area contributed by atoms with Crippen molar-refractivity contribution in [3.8, 4) is 0 Å². The molecule has 0 aromatic carbocycles. The van der Waals surface area contributed by atoms with Crippen LogP contribution in [-0.2, 0) is 11.3 Å². The molecule has 5 heteroatoms. The third-order valence-electron chi connectivity index (χ3n) is 3.41. The molecule has 0 unspecified atom stereocenters. The number of carbonyl (C=O) groups is 1. The van der Waals surface area contributed by atoms with Gasteiger partial charge in [0, 0.05) is 19.2 Å². The first kappa shape index (κ1) is 14.2. The van der Waals surface area contributed by atoms with Gasteiger partial charge < -0.3 is 10.1 Å². The Morgan fingerprint density at radius 3 is 3.05 bits per heavy atom. The minimum Gasteiger partial charge on any atom is -0.378 e. The molecular weight excluding hydrogens is 242 g/mol. The van der Waals surface area contributed by atoms with Crippen LogP contribution in [-0.4, -0.2) is 41.4 Å². The van der Waals surface area contributed by atoms with Crippen molar-refractivity contribution >= 4 is 5.78 Å². The summed E-state index contributed by atoms with van der Waals surface area (Å²) in [7, 11) is 0. The number of hydrogen-bond donors (Lipinski definition) is 1. The molecule has 1 aliphatic heterocycles. The van der Waals surface area contributed by atoms with Gasteiger partial charge in [0.15, 0.2) is 5.78 Å². The number of aromatic nitrogens is 2. The number of hydrogen-bond acceptors (Lipinski definition) is 4. The van der Waals surface area contributed by atoms with Crippen molar-refractivity contribution in [2.24, 2.45) is 0 Å². The molecule has 1 aromatic rings. The van der Waals surface area contributed by atoms with Crippen LogP contribution in [0.3, 0.4) is 0 Å². The Morgan fingerprint density at radius 2 is 2.32 bits per heavy atom. The van der Waals surface area contributed by atoms with Crippen molar-refractivity contribution in [3.63, 3.8) is 0 Å². The highest BCUT2D eigenvalue weighted by molar-refractivity contribution is 5.94. The number of ether oxygens (including phenoxy) is 1. The summed E-state index contributed by atoms with van der Waals surface area (Å²) in [4.78, 5) is 12.1. The Morgan fingerprint density at radius 1 is 1.53 bits per heavy atom. The zero-order valence-electron chi connectivity index (χ0n) is 11.6. The third kappa shape index (κ3) is 4.14. The maximum absolute atomic E-state index is 12.1. The van der Waals surface area contributed by atoms with Gasteiger partial charge in [-0.1, -0.05) is 6.92 Å². The maximum Gasteiger partial charge on any atom is 0.183 e. The molecule has 2 heterocycles. The molecule has 2 rings (SSSR count). The van der Waals surface area contributed by atoms with Crippen molar-refractivity contribution in [2.75, 3.05) is 19.7 Å². The molecule has 1 aliphatic rings. The average Bonchev–Trinajstić information content (AvgIpc) is 2.89. The Labute approximate surface area is 114 Å². The van der Waals surface area contributed by atoms with Crippen molar-refractivity contribution in [2.45, 2.75) is 45.3 Å². The van der Waals surface area contributed by atoms with Crippen LogP contribution in [0.5, 0.6) is 0 Å². The molecule has 106 valence electrons. The first-order chi connectivity index (χ1) is 9.31. The van der Waals surface area contributed by atoms with E-state index in [1.54, 1.807) is 16.9 Å². The van der Waals surface area contributed by atoms with E-state index >= 15 is 0 Å². The summed E-state index contributed by atoms with van der Waals surface area (Å²) in [5, 5.41) is 7.47. The second kappa shape index (κ2) is 7.40. The van der Waals surface area contributed by atoms with Gasteiger partial charge in [0.05, 0.1) is 12.7 Å². The molecule has 1 N–H and O–H groups in total. The standard InChI is InChI=1S/C14H23N3O2/c1-2-10-17-13(5-9-16-17)14(18)6-11-19-12-3-7-15-8-4-12/h5,9,12,15H,2-4,6-8,10-11H2,1H3. The second-order valence-electron chi connectivity index (χ2n) is 4.93. The lowest BCUT2D eigenvalue weighted by atomic mass is 10.1. The van der Waals surface area contributed by atoms with Gasteiger partial charge >= 0.3 is 0 Å². The van der Waals surface area contributed by atoms with E-state index in [1.807, 2.05) is 0 Å². The van der Waals surface area contributed by atoms with Gasteiger partial charge in [0.1, 0.15) is 5.69 Å². The Kier molecular flexibility index (Phi) is 5.54. The molecule has 0 radical (unpaired) electrons. The number of carbonyl (C=O) groups excluding carboxylic acids is 1. The fraction of sp³-hybridized carbons (Fsp3) is 0.714. The SMILES string of the molecule is CCCn1nccc1C(=O)CCOC1CCNCC1. The van der Waals surface area contributed by atoms with Gasteiger partial charge in [-0.25, -0.2) is 0 Å². The minimum absolute atomic E-state index is 0.125. The van der Waals surface area contributed by atoms with Crippen molar-refractivity contribution in [1.29, 1.82) is 0 Å². The van der Waals surface area contributed by atoms with Gasteiger partial charge in [-0.2, -0.15) is 5.10 Å². The lowest BCUT2D eigenvalue weighted by molar-refractivity contribution is 0.0312. The zero-order valence-corrected chi connectivity index (χ0v) is 11.6. The lowest BCUT2D eigenvalue weighted by Gasteiger charge is -2.22. The molecule has 1 saturated heterocycles. The molecule has 0 aliphatic carbocycles. The zero-order chi connectivity index (χ0) is 13.5. The molecule has 0 amide bonds. The number of ketones is 1. The van der Waals surface area contributed by atoms with E-state index in [0.717, 1.165) is 38.9 Å². The third-order valence-corrected chi connectivity index (χ3v) is 3.41. The summed E-state index contributed by atoms with van der Waals surface area (Å²) in [5.74, 6) is 0.125. The van der Waals surface area contributed by atoms with Gasteiger partial charge in [-0.15, -0.1) is 0 Å². The summed E-state index contributed by atoms with van der Waals surface area (Å²) in [6, 6.07) is 1.79. The predicted molar refractivity (Wildman–Crippen MR) is 73.3 cm³/mol. The van der Waals surface area contributed by atoms with Crippen molar-refractivity contribution < 1.29 is 9.53 Å². The molecule has 0 saturated carbocycles. The fourth-order valence-corrected chi connectivity index (χ4v) is 2.37. The number of nitrogens with one attached hydrogen (secondary N) is 1. The maximum atomic E-state index is 12.1. The summed E-state index contributed by atoms with van der Waals surface area (Å²) >= 11 is 0. The highest BCUT2D eigenvalue weighted by atomic mass is 16.5. The number of rotatable bonds is 7. The van der Waals surface area contributed by atoms with E-state index in [1.165, 1.54) is 0 Å². The Bertz CT molecular complexity index is 397. The molecule has 1 aromatic heterocycles. The molecule has 0 bridgehead atoms. The average molecular weight is 265 g/mol. The van der Waals surface area contributed by atoms with Gasteiger partial charge in [-0.3, -0.25) is 9.48 Å². The first-order valence-electron chi connectivity index (χ1n) is 7.18. The molecule has 0 atom stereocenters. The normalized spacial score (nSPS) is 16.7. The predicted octanol–water partition coefficient (Wildman–Crippen LogP) is 1.63. The quantitative estimate of drug-likeness (QED) is 0.761. The number of nitrogens with zero attached hydrogens (tertiary/aromatic N) is 2. The van der Waals surface area contributed by atoms with Crippen LogP contribution in [0.2, 0.25) is 0 Å². The fourth-order valence-electron chi connectivity index (χ4n) is 2.37. The summed E-state index contributed by atoms with van der Waals surface area (Å²) in [5.41, 5.74) is 0.704. The van der Waals surface area contributed by atoms with E-state index in [4.69, 9.17) is 4.74 Å². The summed E-state index contributed by atoms with van der Waals surface area (Å²) in [6.07, 6.45) is 5.52. The molecule has 1 fully saturated rings. The van der Waals surface area contributed by atoms with Crippen LogP contribution >= 0.6 is 0 Å². The number of aryl methyl sites for hydroxylation is 1. The van der Waals surface area contributed by atoms with Crippen molar-refractivity contribution in [1.82, 2.24) is 15.1 Å². The highest BCUT2D eigenvalue weighted by Gasteiger charge is 2.15. The molecule has 0 spiro atoms. The van der Waals surface area contributed by atoms with E-state index < -0.39 is 0 Å². The molecule has 5 nitrogen and oxygen atoms in total. The summed E-state index contributed by atoms with van der Waals surface area (Å²) in [6.45, 7) is 5.42. The van der Waals surface area contributed by atoms with Gasteiger partial charge in [-0.05, 0) is 38.4 Å². The highest BCUT2D eigenvalue weighted by Crippen LogP contribution is 2.09. The van der Waals surface area contributed by atoms with E-state index in [2.05, 4.69) is 17.3 Å². The van der Waals surface area contributed by atoms with E-state index in [0.29, 0.717) is 24.8 Å². The largest absolute Gasteiger partial charge is 0.378 e. The monoisotopic (exact) mass is 265 g/mol. The van der Waals surface area contributed by atoms with Crippen LogP contribution in [0.25, 0.3) is 0 Å². The van der Waals surface area contributed by atoms with E-state index in [9.17, 15) is 4.79 Å². The molecule has 19 heavy (non-hydrogen) atoms. The topological polar surface area (TPSA) is 56.2 Å². The van der Waals surface area contributed by atoms with Gasteiger partial charge in [0.2, 0.25) is 0 Å². The lowest BCUT2D eigenvalue weighted by Crippen LogP contribution is -2.32. The van der Waals surface area contributed by atoms with Crippen molar-refractivity contribution in [3.05, 3.63) is 18.0 Å². The Hall–Kier alpha value is -1.20. The van der Waals surface area contributed by atoms with E-state index in [-0.39, 0.29) is 5.78 Å². The molecular formula is C14H23N3O2. The van der Waals surface area contributed by atoms with Crippen LogP contribution in [0.1, 0.15) is 43.1 Å². The number of Topliss-reactive ketones (excluding diaryl/α,β-unsaturated/α-hetero) is 1. The minimum atomic E-state index is 0.125. The van der Waals surface area contributed by atoms with Gasteiger partial charge in [0.25, 0.3) is 0 Å². The smallest absolute Gasteiger partial charge is 0.183 e. The van der Waals surface area contributed by atoms with Crippen LogP contribution in [0, 0.1) is 0 Å². The summed E-state index contributed by atoms with van der Waals surface area (Å²) < 4.78 is 7.55. The first-order valence-corrected chi connectivity index (χ1v) is 7.18. The van der Waals surface area contributed by atoms with Crippen LogP contribution in [0.15, 0.2) is 12.3 Å². The van der Waals surface area contributed by atoms with Crippen LogP contribution < -0.4 is 5.32 Å².